The van der Waals surface area contributed by atoms with Crippen molar-refractivity contribution in [3.8, 4) is 0 Å². The second-order valence-corrected chi connectivity index (χ2v) is 17.4. The number of nitrogens with zero attached hydrogens (tertiary/aromatic N) is 2. The van der Waals surface area contributed by atoms with E-state index in [1.54, 1.807) is 26.8 Å². The minimum Gasteiger partial charge on any atom is -0.464 e. The minimum absolute atomic E-state index is 0.117. The molecule has 0 saturated carbocycles. The molecule has 234 valence electrons. The lowest BCUT2D eigenvalue weighted by Gasteiger charge is -2.43. The topological polar surface area (TPSA) is 101 Å². The van der Waals surface area contributed by atoms with Gasteiger partial charge in [-0.3, -0.25) is 4.68 Å². The van der Waals surface area contributed by atoms with Crippen molar-refractivity contribution in [3.63, 3.8) is 0 Å². The highest BCUT2D eigenvalue weighted by Gasteiger charge is 2.49. The summed E-state index contributed by atoms with van der Waals surface area (Å²) >= 11 is 3.31. The summed E-state index contributed by atoms with van der Waals surface area (Å²) in [5, 5.41) is 9.52. The highest BCUT2D eigenvalue weighted by atomic mass is 79.9. The Bertz CT molecular complexity index is 1280. The predicted octanol–water partition coefficient (Wildman–Crippen LogP) is 5.31. The van der Waals surface area contributed by atoms with Crippen molar-refractivity contribution in [1.82, 2.24) is 15.1 Å². The van der Waals surface area contributed by atoms with Gasteiger partial charge in [0.1, 0.15) is 15.9 Å². The molecule has 0 bridgehead atoms. The maximum Gasteiger partial charge on any atom is 0.408 e. The molecule has 0 radical (unpaired) electrons. The smallest absolute Gasteiger partial charge is 0.408 e. The standard InChI is InChI=1S/C32H44BrN3O6Si/c1-31(2,3)42-30(38)34-24(22-36-27(29(37)39-7)21-28(33)35-36)23-40-19-14-20-41-43(32(4,5)6,25-15-10-8-11-16-25)26-17-12-9-13-18-26/h8-13,15-18,21,24H,14,19-20,22-23H2,1-7H3,(H,34,38)/t24-/m0/s1. The molecule has 1 heterocycles. The van der Waals surface area contributed by atoms with E-state index in [2.05, 4.69) is 95.6 Å². The molecule has 1 aromatic heterocycles. The van der Waals surface area contributed by atoms with Gasteiger partial charge in [0.2, 0.25) is 0 Å². The number of aromatic nitrogens is 2. The zero-order valence-corrected chi connectivity index (χ0v) is 28.8. The summed E-state index contributed by atoms with van der Waals surface area (Å²) in [7, 11) is -1.33. The van der Waals surface area contributed by atoms with Gasteiger partial charge in [0.25, 0.3) is 8.32 Å². The molecule has 1 amide bonds. The van der Waals surface area contributed by atoms with Crippen molar-refractivity contribution in [1.29, 1.82) is 0 Å². The number of halogens is 1. The molecular weight excluding hydrogens is 630 g/mol. The molecule has 0 unspecified atom stereocenters. The third kappa shape index (κ3) is 9.50. The molecule has 1 atom stereocenters. The van der Waals surface area contributed by atoms with Crippen LogP contribution in [0.15, 0.2) is 71.3 Å². The maximum atomic E-state index is 12.6. The summed E-state index contributed by atoms with van der Waals surface area (Å²) < 4.78 is 25.3. The second-order valence-electron chi connectivity index (χ2n) is 12.3. The Balaban J connectivity index is 1.69. The van der Waals surface area contributed by atoms with Crippen LogP contribution in [0.4, 0.5) is 4.79 Å². The van der Waals surface area contributed by atoms with E-state index < -0.39 is 32.0 Å². The summed E-state index contributed by atoms with van der Waals surface area (Å²) in [6.45, 7) is 13.4. The summed E-state index contributed by atoms with van der Waals surface area (Å²) in [6, 6.07) is 22.1. The summed E-state index contributed by atoms with van der Waals surface area (Å²) in [6.07, 6.45) is 0.0756. The Morgan fingerprint density at radius 2 is 1.53 bits per heavy atom. The molecule has 0 saturated heterocycles. The molecular formula is C32H44BrN3O6Si. The van der Waals surface area contributed by atoms with E-state index in [9.17, 15) is 9.59 Å². The number of amides is 1. The van der Waals surface area contributed by atoms with E-state index in [1.807, 2.05) is 12.1 Å². The van der Waals surface area contributed by atoms with Crippen molar-refractivity contribution >= 4 is 46.7 Å². The van der Waals surface area contributed by atoms with Crippen molar-refractivity contribution < 1.29 is 28.2 Å². The Morgan fingerprint density at radius 1 is 0.953 bits per heavy atom. The Labute approximate surface area is 264 Å². The molecule has 0 aliphatic heterocycles. The van der Waals surface area contributed by atoms with E-state index in [-0.39, 0.29) is 23.9 Å². The fourth-order valence-corrected chi connectivity index (χ4v) is 10.0. The molecule has 0 aliphatic rings. The second kappa shape index (κ2) is 15.1. The summed E-state index contributed by atoms with van der Waals surface area (Å²) in [5.41, 5.74) is -0.413. The molecule has 3 aromatic rings. The largest absolute Gasteiger partial charge is 0.464 e. The third-order valence-electron chi connectivity index (χ3n) is 6.75. The maximum absolute atomic E-state index is 12.6. The molecule has 0 spiro atoms. The number of hydrogen-bond acceptors (Lipinski definition) is 7. The first-order valence-electron chi connectivity index (χ1n) is 14.4. The number of alkyl carbamates (subject to hydrolysis) is 1. The van der Waals surface area contributed by atoms with Gasteiger partial charge < -0.3 is 24.0 Å². The highest BCUT2D eigenvalue weighted by molar-refractivity contribution is 9.10. The van der Waals surface area contributed by atoms with Gasteiger partial charge in [-0.1, -0.05) is 81.4 Å². The number of methoxy groups -OCH3 is 1. The molecule has 43 heavy (non-hydrogen) atoms. The van der Waals surface area contributed by atoms with Gasteiger partial charge in [-0.2, -0.15) is 5.10 Å². The fourth-order valence-electron chi connectivity index (χ4n) is 4.99. The van der Waals surface area contributed by atoms with Crippen LogP contribution in [0, 0.1) is 0 Å². The predicted molar refractivity (Wildman–Crippen MR) is 173 cm³/mol. The minimum atomic E-state index is -2.63. The van der Waals surface area contributed by atoms with Crippen LogP contribution in [0.1, 0.15) is 58.5 Å². The number of rotatable bonds is 13. The number of esters is 1. The number of benzene rings is 2. The van der Waals surface area contributed by atoms with Crippen molar-refractivity contribution in [2.75, 3.05) is 26.9 Å². The average Bonchev–Trinajstić information content (AvgIpc) is 3.31. The lowest BCUT2D eigenvalue weighted by Crippen LogP contribution is -2.66. The van der Waals surface area contributed by atoms with E-state index in [1.165, 1.54) is 22.2 Å². The normalized spacial score (nSPS) is 12.9. The van der Waals surface area contributed by atoms with Crippen LogP contribution < -0.4 is 15.7 Å². The van der Waals surface area contributed by atoms with Crippen molar-refractivity contribution in [2.24, 2.45) is 0 Å². The van der Waals surface area contributed by atoms with E-state index in [4.69, 9.17) is 18.6 Å². The van der Waals surface area contributed by atoms with Crippen LogP contribution in [-0.4, -0.2) is 68.7 Å². The van der Waals surface area contributed by atoms with Crippen LogP contribution in [0.2, 0.25) is 5.04 Å². The third-order valence-corrected chi connectivity index (χ3v) is 12.2. The van der Waals surface area contributed by atoms with Gasteiger partial charge in [-0.05, 0) is 58.5 Å². The first-order chi connectivity index (χ1) is 20.3. The molecule has 0 aliphatic carbocycles. The van der Waals surface area contributed by atoms with Gasteiger partial charge >= 0.3 is 12.1 Å². The molecule has 2 aromatic carbocycles. The van der Waals surface area contributed by atoms with Gasteiger partial charge in [0.05, 0.1) is 26.3 Å². The number of hydrogen-bond donors (Lipinski definition) is 1. The molecule has 3 rings (SSSR count). The van der Waals surface area contributed by atoms with Crippen LogP contribution in [0.25, 0.3) is 0 Å². The highest BCUT2D eigenvalue weighted by Crippen LogP contribution is 2.36. The zero-order chi connectivity index (χ0) is 31.7. The first-order valence-corrected chi connectivity index (χ1v) is 17.1. The number of ether oxygens (including phenoxy) is 3. The molecule has 11 heteroatoms. The monoisotopic (exact) mass is 673 g/mol. The quantitative estimate of drug-likeness (QED) is 0.149. The lowest BCUT2D eigenvalue weighted by molar-refractivity contribution is 0.0415. The average molecular weight is 675 g/mol. The first kappa shape index (κ1) is 34.5. The van der Waals surface area contributed by atoms with E-state index in [0.29, 0.717) is 24.2 Å². The number of carbonyl (C=O) groups excluding carboxylic acids is 2. The Morgan fingerprint density at radius 3 is 2.05 bits per heavy atom. The SMILES string of the molecule is COC(=O)c1cc(Br)nn1C[C@@H](COCCCO[Si](c1ccccc1)(c1ccccc1)C(C)(C)C)NC(=O)OC(C)(C)C. The zero-order valence-electron chi connectivity index (χ0n) is 26.2. The lowest BCUT2D eigenvalue weighted by atomic mass is 10.2. The summed E-state index contributed by atoms with van der Waals surface area (Å²) in [5.74, 6) is -0.532. The Hall–Kier alpha value is -2.99. The van der Waals surface area contributed by atoms with Gasteiger partial charge in [-0.25, -0.2) is 9.59 Å². The number of nitrogens with one attached hydrogen (secondary N) is 1. The van der Waals surface area contributed by atoms with Crippen LogP contribution in [0.3, 0.4) is 0 Å². The molecule has 0 fully saturated rings. The Kier molecular flexibility index (Phi) is 12.1. The number of carbonyl (C=O) groups is 2. The van der Waals surface area contributed by atoms with Gasteiger partial charge in [0, 0.05) is 19.3 Å². The fraction of sp³-hybridized carbons (Fsp3) is 0.469. The van der Waals surface area contributed by atoms with Crippen LogP contribution >= 0.6 is 15.9 Å². The molecule has 9 nitrogen and oxygen atoms in total. The molecule has 1 N–H and O–H groups in total. The van der Waals surface area contributed by atoms with Gasteiger partial charge in [0.15, 0.2) is 0 Å². The van der Waals surface area contributed by atoms with Crippen LogP contribution in [0.5, 0.6) is 0 Å². The van der Waals surface area contributed by atoms with Crippen molar-refractivity contribution in [2.45, 2.75) is 71.2 Å². The van der Waals surface area contributed by atoms with E-state index in [0.717, 1.165) is 0 Å². The van der Waals surface area contributed by atoms with Crippen molar-refractivity contribution in [3.05, 3.63) is 77.0 Å². The summed E-state index contributed by atoms with van der Waals surface area (Å²) in [4.78, 5) is 24.9. The van der Waals surface area contributed by atoms with Gasteiger partial charge in [-0.15, -0.1) is 0 Å². The van der Waals surface area contributed by atoms with Crippen LogP contribution in [-0.2, 0) is 25.2 Å². The van der Waals surface area contributed by atoms with E-state index >= 15 is 0 Å².